The molecule has 0 bridgehead atoms. The van der Waals surface area contributed by atoms with Gasteiger partial charge in [-0.2, -0.15) is 5.10 Å². The summed E-state index contributed by atoms with van der Waals surface area (Å²) in [6.45, 7) is 2.19. The van der Waals surface area contributed by atoms with Crippen molar-refractivity contribution >= 4 is 17.2 Å². The fourth-order valence-electron chi connectivity index (χ4n) is 4.79. The number of rotatable bonds is 5. The summed E-state index contributed by atoms with van der Waals surface area (Å²) in [5, 5.41) is 4.53. The summed E-state index contributed by atoms with van der Waals surface area (Å²) in [5.41, 5.74) is 2.43. The van der Waals surface area contributed by atoms with E-state index in [0.717, 1.165) is 24.8 Å². The van der Waals surface area contributed by atoms with E-state index in [4.69, 9.17) is 26.1 Å². The summed E-state index contributed by atoms with van der Waals surface area (Å²) in [4.78, 5) is 22.5. The molecule has 0 radical (unpaired) electrons. The van der Waals surface area contributed by atoms with Crippen molar-refractivity contribution in [3.05, 3.63) is 74.9 Å². The minimum atomic E-state index is -0.514. The third-order valence-electron chi connectivity index (χ3n) is 6.99. The smallest absolute Gasteiger partial charge is 0.277 e. The van der Waals surface area contributed by atoms with E-state index in [1.807, 2.05) is 10.9 Å². The van der Waals surface area contributed by atoms with Crippen LogP contribution in [0.5, 0.6) is 5.75 Å². The maximum atomic E-state index is 15.2. The van der Waals surface area contributed by atoms with Crippen LogP contribution in [0.2, 0.25) is 5.02 Å². The maximum absolute atomic E-state index is 15.2. The van der Waals surface area contributed by atoms with Gasteiger partial charge in [0.2, 0.25) is 0 Å². The highest BCUT2D eigenvalue weighted by atomic mass is 35.5. The fraction of sp³-hybridized carbons (Fsp3) is 0.385. The molecule has 2 atom stereocenters. The van der Waals surface area contributed by atoms with Crippen LogP contribution in [0, 0.1) is 12.7 Å². The van der Waals surface area contributed by atoms with Crippen molar-refractivity contribution in [3.8, 4) is 17.0 Å². The average Bonchev–Trinajstić information content (AvgIpc) is 3.63. The van der Waals surface area contributed by atoms with Crippen LogP contribution in [0.3, 0.4) is 0 Å². The summed E-state index contributed by atoms with van der Waals surface area (Å²) in [5.74, 6) is -0.135. The van der Waals surface area contributed by atoms with Crippen LogP contribution < -0.4 is 10.3 Å². The molecular weight excluding hydrogens is 485 g/mol. The molecule has 1 saturated carbocycles. The average molecular weight is 510 g/mol. The number of aryl methyl sites for hydroxylation is 1. The molecule has 2 fully saturated rings. The highest BCUT2D eigenvalue weighted by Gasteiger charge is 2.30. The van der Waals surface area contributed by atoms with Gasteiger partial charge in [-0.1, -0.05) is 11.6 Å². The first kappa shape index (κ1) is 23.1. The molecule has 1 saturated heterocycles. The standard InChI is InChI=1S/C26H25ClFN5O3/c1-14-23(27)26(34)32-13-21(31-24(25(32)30-14)19-6-5-18(35-2)10-20(19)28)15-7-8-36-22(9-15)16-11-29-33(12-16)17-3-4-17/h5-6,10-13,15,17,22H,3-4,7-9H2,1-2H3/t15?,22-/m1/s1. The van der Waals surface area contributed by atoms with Crippen molar-refractivity contribution in [3.63, 3.8) is 0 Å². The van der Waals surface area contributed by atoms with Gasteiger partial charge in [0.05, 0.1) is 36.8 Å². The number of hydrogen-bond donors (Lipinski definition) is 0. The molecular formula is C26H25ClFN5O3. The lowest BCUT2D eigenvalue weighted by molar-refractivity contribution is 0.00454. The van der Waals surface area contributed by atoms with Gasteiger partial charge in [-0.05, 0) is 44.7 Å². The first-order valence-electron chi connectivity index (χ1n) is 12.0. The van der Waals surface area contributed by atoms with Crippen molar-refractivity contribution in [2.24, 2.45) is 0 Å². The number of halogens is 2. The van der Waals surface area contributed by atoms with Crippen LogP contribution in [-0.2, 0) is 4.74 Å². The summed E-state index contributed by atoms with van der Waals surface area (Å²) in [6.07, 6.45) is 9.19. The van der Waals surface area contributed by atoms with E-state index in [2.05, 4.69) is 16.3 Å². The maximum Gasteiger partial charge on any atom is 0.277 e. The highest BCUT2D eigenvalue weighted by molar-refractivity contribution is 6.31. The Balaban J connectivity index is 1.45. The van der Waals surface area contributed by atoms with Gasteiger partial charge < -0.3 is 9.47 Å². The topological polar surface area (TPSA) is 83.5 Å². The third-order valence-corrected chi connectivity index (χ3v) is 7.42. The Bertz CT molecular complexity index is 1530. The van der Waals surface area contributed by atoms with Crippen LogP contribution in [0.15, 0.2) is 41.6 Å². The predicted octanol–water partition coefficient (Wildman–Crippen LogP) is 5.03. The summed E-state index contributed by atoms with van der Waals surface area (Å²) in [6, 6.07) is 5.04. The normalized spacial score (nSPS) is 20.1. The number of aromatic nitrogens is 5. The second kappa shape index (κ2) is 8.97. The van der Waals surface area contributed by atoms with Gasteiger partial charge in [0.1, 0.15) is 22.3 Å². The van der Waals surface area contributed by atoms with Gasteiger partial charge in [0, 0.05) is 42.1 Å². The van der Waals surface area contributed by atoms with Gasteiger partial charge in [-0.15, -0.1) is 0 Å². The number of fused-ring (bicyclic) bond motifs is 1. The second-order valence-corrected chi connectivity index (χ2v) is 9.81. The van der Waals surface area contributed by atoms with E-state index in [1.165, 1.54) is 17.6 Å². The molecule has 1 unspecified atom stereocenters. The molecule has 0 spiro atoms. The van der Waals surface area contributed by atoms with Gasteiger partial charge in [-0.3, -0.25) is 13.9 Å². The number of methoxy groups -OCH3 is 1. The lowest BCUT2D eigenvalue weighted by atomic mass is 9.90. The van der Waals surface area contributed by atoms with E-state index < -0.39 is 11.4 Å². The Morgan fingerprint density at radius 1 is 1.19 bits per heavy atom. The summed E-state index contributed by atoms with van der Waals surface area (Å²) < 4.78 is 29.8. The van der Waals surface area contributed by atoms with Crippen LogP contribution in [0.4, 0.5) is 4.39 Å². The molecule has 8 nitrogen and oxygen atoms in total. The minimum Gasteiger partial charge on any atom is -0.497 e. The molecule has 10 heteroatoms. The molecule has 186 valence electrons. The lowest BCUT2D eigenvalue weighted by Gasteiger charge is -2.29. The Kier molecular flexibility index (Phi) is 5.76. The van der Waals surface area contributed by atoms with Crippen LogP contribution >= 0.6 is 11.6 Å². The predicted molar refractivity (Wildman–Crippen MR) is 132 cm³/mol. The van der Waals surface area contributed by atoms with Crippen molar-refractivity contribution in [2.45, 2.75) is 50.7 Å². The van der Waals surface area contributed by atoms with E-state index in [-0.39, 0.29) is 33.9 Å². The Morgan fingerprint density at radius 3 is 2.78 bits per heavy atom. The van der Waals surface area contributed by atoms with Gasteiger partial charge in [0.25, 0.3) is 5.56 Å². The molecule has 1 aliphatic carbocycles. The first-order chi connectivity index (χ1) is 17.4. The molecule has 4 aromatic rings. The van der Waals surface area contributed by atoms with E-state index in [0.29, 0.717) is 36.2 Å². The van der Waals surface area contributed by atoms with Crippen molar-refractivity contribution in [1.82, 2.24) is 24.1 Å². The number of ether oxygens (including phenoxy) is 2. The van der Waals surface area contributed by atoms with Gasteiger partial charge in [-0.25, -0.2) is 14.4 Å². The lowest BCUT2D eigenvalue weighted by Crippen LogP contribution is -2.23. The molecule has 36 heavy (non-hydrogen) atoms. The highest BCUT2D eigenvalue weighted by Crippen LogP contribution is 2.40. The quantitative estimate of drug-likeness (QED) is 0.375. The molecule has 3 aromatic heterocycles. The van der Waals surface area contributed by atoms with Gasteiger partial charge in [0.15, 0.2) is 5.65 Å². The molecule has 0 amide bonds. The molecule has 1 aromatic carbocycles. The Morgan fingerprint density at radius 2 is 2.03 bits per heavy atom. The molecule has 4 heterocycles. The number of benzene rings is 1. The van der Waals surface area contributed by atoms with E-state index in [1.54, 1.807) is 25.3 Å². The third kappa shape index (κ3) is 4.06. The zero-order valence-corrected chi connectivity index (χ0v) is 20.7. The molecule has 0 N–H and O–H groups in total. The number of hydrogen-bond acceptors (Lipinski definition) is 6. The summed E-state index contributed by atoms with van der Waals surface area (Å²) in [7, 11) is 1.48. The Hall–Kier alpha value is -3.30. The zero-order valence-electron chi connectivity index (χ0n) is 19.9. The zero-order chi connectivity index (χ0) is 25.0. The van der Waals surface area contributed by atoms with Crippen LogP contribution in [0.25, 0.3) is 16.9 Å². The van der Waals surface area contributed by atoms with E-state index in [9.17, 15) is 4.79 Å². The number of nitrogens with zero attached hydrogens (tertiary/aromatic N) is 5. The van der Waals surface area contributed by atoms with Crippen molar-refractivity contribution < 1.29 is 13.9 Å². The van der Waals surface area contributed by atoms with Crippen LogP contribution in [0.1, 0.15) is 60.7 Å². The SMILES string of the molecule is COc1ccc(-c2nc(C3CCO[C@@H](c4cnn(C5CC5)c4)C3)cn3c(=O)c(Cl)c(C)nc23)c(F)c1. The molecule has 1 aliphatic heterocycles. The van der Waals surface area contributed by atoms with Crippen LogP contribution in [-0.4, -0.2) is 37.9 Å². The van der Waals surface area contributed by atoms with Crippen molar-refractivity contribution in [2.75, 3.05) is 13.7 Å². The molecule has 2 aliphatic rings. The van der Waals surface area contributed by atoms with E-state index >= 15 is 4.39 Å². The Labute approximate surface area is 211 Å². The minimum absolute atomic E-state index is 0.00976. The monoisotopic (exact) mass is 509 g/mol. The fourth-order valence-corrected chi connectivity index (χ4v) is 4.93. The second-order valence-electron chi connectivity index (χ2n) is 9.44. The molecule has 6 rings (SSSR count). The van der Waals surface area contributed by atoms with Gasteiger partial charge >= 0.3 is 0 Å². The van der Waals surface area contributed by atoms with Crippen molar-refractivity contribution in [1.29, 1.82) is 0 Å². The summed E-state index contributed by atoms with van der Waals surface area (Å²) >= 11 is 6.26. The first-order valence-corrected chi connectivity index (χ1v) is 12.4. The largest absolute Gasteiger partial charge is 0.497 e.